The first-order valence-corrected chi connectivity index (χ1v) is 11.6. The number of likely N-dealkylation sites (N-methyl/N-ethyl adjacent to an activating group) is 1. The number of nitrogens with zero attached hydrogens (tertiary/aromatic N) is 5. The highest BCUT2D eigenvalue weighted by Crippen LogP contribution is 2.28. The Balaban J connectivity index is 1.27. The van der Waals surface area contributed by atoms with E-state index in [0.29, 0.717) is 11.1 Å². The molecule has 1 aliphatic rings. The normalized spacial score (nSPS) is 14.7. The van der Waals surface area contributed by atoms with Crippen LogP contribution in [0.1, 0.15) is 0 Å². The first-order chi connectivity index (χ1) is 16.1. The fourth-order valence-corrected chi connectivity index (χ4v) is 4.35. The molecule has 1 amide bonds. The molecule has 3 heterocycles. The minimum atomic E-state index is 0.0952. The van der Waals surface area contributed by atoms with E-state index < -0.39 is 0 Å². The Morgan fingerprint density at radius 1 is 1.09 bits per heavy atom. The third-order valence-corrected chi connectivity index (χ3v) is 6.48. The maximum absolute atomic E-state index is 12.4. The van der Waals surface area contributed by atoms with Crippen molar-refractivity contribution in [3.05, 3.63) is 42.5 Å². The van der Waals surface area contributed by atoms with Gasteiger partial charge in [0, 0.05) is 37.3 Å². The van der Waals surface area contributed by atoms with Crippen LogP contribution in [-0.4, -0.2) is 82.0 Å². The molecule has 0 spiro atoms. The molecule has 1 aliphatic heterocycles. The van der Waals surface area contributed by atoms with Crippen molar-refractivity contribution in [3.63, 3.8) is 0 Å². The lowest BCUT2D eigenvalue weighted by Gasteiger charge is -2.32. The summed E-state index contributed by atoms with van der Waals surface area (Å²) in [6.45, 7) is 3.32. The maximum Gasteiger partial charge on any atom is 0.277 e. The standard InChI is InChI=1S/C23H24N6O3S/c1-28-9-11-29(12-10-28)20(30)14-33-23-27-26-22(32-23)16-5-8-18-19(13-16)25-21(24-18)15-3-6-17(31-2)7-4-15/h3-8,13H,9-12,14H2,1-2H3,(H,24,25). The van der Waals surface area contributed by atoms with Crippen molar-refractivity contribution < 1.29 is 13.9 Å². The van der Waals surface area contributed by atoms with Gasteiger partial charge in [-0.25, -0.2) is 4.98 Å². The average molecular weight is 465 g/mol. The number of aromatic amines is 1. The zero-order chi connectivity index (χ0) is 22.8. The Morgan fingerprint density at radius 2 is 1.85 bits per heavy atom. The molecule has 0 atom stereocenters. The molecule has 1 saturated heterocycles. The van der Waals surface area contributed by atoms with E-state index in [1.54, 1.807) is 7.11 Å². The van der Waals surface area contributed by atoms with Crippen LogP contribution in [0.5, 0.6) is 5.75 Å². The number of aromatic nitrogens is 4. The van der Waals surface area contributed by atoms with Gasteiger partial charge in [0.1, 0.15) is 11.6 Å². The molecule has 0 bridgehead atoms. The lowest BCUT2D eigenvalue weighted by Crippen LogP contribution is -2.47. The van der Waals surface area contributed by atoms with Crippen molar-refractivity contribution in [3.8, 4) is 28.6 Å². The molecule has 5 rings (SSSR count). The zero-order valence-corrected chi connectivity index (χ0v) is 19.3. The molecule has 170 valence electrons. The number of nitrogens with one attached hydrogen (secondary N) is 1. The molecule has 4 aromatic rings. The fourth-order valence-electron chi connectivity index (χ4n) is 3.68. The number of rotatable bonds is 6. The molecule has 1 fully saturated rings. The SMILES string of the molecule is COc1ccc(-c2nc3ccc(-c4nnc(SCC(=O)N5CCN(C)CC5)o4)cc3[nH]2)cc1. The summed E-state index contributed by atoms with van der Waals surface area (Å²) in [5, 5.41) is 8.65. The number of carbonyl (C=O) groups excluding carboxylic acids is 1. The number of imidazole rings is 1. The lowest BCUT2D eigenvalue weighted by atomic mass is 10.2. The number of methoxy groups -OCH3 is 1. The van der Waals surface area contributed by atoms with Gasteiger partial charge in [-0.1, -0.05) is 11.8 Å². The first-order valence-electron chi connectivity index (χ1n) is 10.7. The summed E-state index contributed by atoms with van der Waals surface area (Å²) in [6, 6.07) is 13.5. The molecule has 33 heavy (non-hydrogen) atoms. The van der Waals surface area contributed by atoms with Crippen LogP contribution in [0.15, 0.2) is 52.1 Å². The number of fused-ring (bicyclic) bond motifs is 1. The van der Waals surface area contributed by atoms with Crippen molar-refractivity contribution in [2.45, 2.75) is 5.22 Å². The monoisotopic (exact) mass is 464 g/mol. The van der Waals surface area contributed by atoms with Crippen LogP contribution in [-0.2, 0) is 4.79 Å². The van der Waals surface area contributed by atoms with Gasteiger partial charge < -0.3 is 23.9 Å². The summed E-state index contributed by atoms with van der Waals surface area (Å²) in [5.41, 5.74) is 3.47. The second-order valence-corrected chi connectivity index (χ2v) is 8.82. The fraction of sp³-hybridized carbons (Fsp3) is 0.304. The molecule has 9 nitrogen and oxygen atoms in total. The van der Waals surface area contributed by atoms with Crippen molar-refractivity contribution in [1.29, 1.82) is 0 Å². The Kier molecular flexibility index (Phi) is 6.01. The van der Waals surface area contributed by atoms with Gasteiger partial charge in [0.25, 0.3) is 5.22 Å². The number of carbonyl (C=O) groups is 1. The molecule has 0 saturated carbocycles. The Hall–Kier alpha value is -3.37. The number of amides is 1. The minimum Gasteiger partial charge on any atom is -0.497 e. The zero-order valence-electron chi connectivity index (χ0n) is 18.4. The topological polar surface area (TPSA) is 100 Å². The number of piperazine rings is 1. The molecule has 0 unspecified atom stereocenters. The van der Waals surface area contributed by atoms with Crippen LogP contribution in [0, 0.1) is 0 Å². The highest BCUT2D eigenvalue weighted by atomic mass is 32.2. The number of hydrogen-bond donors (Lipinski definition) is 1. The molecule has 1 N–H and O–H groups in total. The van der Waals surface area contributed by atoms with Gasteiger partial charge in [-0.2, -0.15) is 0 Å². The summed E-state index contributed by atoms with van der Waals surface area (Å²) in [4.78, 5) is 24.6. The molecule has 0 radical (unpaired) electrons. The predicted octanol–water partition coefficient (Wildman–Crippen LogP) is 3.15. The van der Waals surface area contributed by atoms with Crippen LogP contribution >= 0.6 is 11.8 Å². The van der Waals surface area contributed by atoms with Gasteiger partial charge in [-0.15, -0.1) is 10.2 Å². The van der Waals surface area contributed by atoms with Crippen LogP contribution in [0.2, 0.25) is 0 Å². The van der Waals surface area contributed by atoms with Gasteiger partial charge in [0.15, 0.2) is 0 Å². The summed E-state index contributed by atoms with van der Waals surface area (Å²) < 4.78 is 11.0. The molecule has 2 aromatic carbocycles. The molecule has 10 heteroatoms. The molecule has 0 aliphatic carbocycles. The first kappa shape index (κ1) is 21.5. The van der Waals surface area contributed by atoms with E-state index in [-0.39, 0.29) is 11.7 Å². The van der Waals surface area contributed by atoms with Gasteiger partial charge in [0.2, 0.25) is 11.8 Å². The number of hydrogen-bond acceptors (Lipinski definition) is 8. The van der Waals surface area contributed by atoms with Gasteiger partial charge >= 0.3 is 0 Å². The number of H-pyrrole nitrogens is 1. The van der Waals surface area contributed by atoms with Crippen LogP contribution < -0.4 is 4.74 Å². The molecular weight excluding hydrogens is 440 g/mol. The van der Waals surface area contributed by atoms with Crippen molar-refractivity contribution in [2.24, 2.45) is 0 Å². The van der Waals surface area contributed by atoms with Crippen molar-refractivity contribution in [1.82, 2.24) is 30.0 Å². The quantitative estimate of drug-likeness (QED) is 0.435. The van der Waals surface area contributed by atoms with Crippen molar-refractivity contribution in [2.75, 3.05) is 46.1 Å². The number of thioether (sulfide) groups is 1. The lowest BCUT2D eigenvalue weighted by molar-refractivity contribution is -0.129. The summed E-state index contributed by atoms with van der Waals surface area (Å²) in [6.07, 6.45) is 0. The Morgan fingerprint density at radius 3 is 2.61 bits per heavy atom. The van der Waals surface area contributed by atoms with E-state index in [1.165, 1.54) is 11.8 Å². The van der Waals surface area contributed by atoms with Gasteiger partial charge in [-0.05, 0) is 49.5 Å². The van der Waals surface area contributed by atoms with E-state index in [2.05, 4.69) is 32.1 Å². The van der Waals surface area contributed by atoms with E-state index in [9.17, 15) is 4.79 Å². The average Bonchev–Trinajstić information content (AvgIpc) is 3.50. The van der Waals surface area contributed by atoms with E-state index in [1.807, 2.05) is 47.4 Å². The third kappa shape index (κ3) is 4.71. The van der Waals surface area contributed by atoms with E-state index in [4.69, 9.17) is 9.15 Å². The summed E-state index contributed by atoms with van der Waals surface area (Å²) >= 11 is 1.27. The largest absolute Gasteiger partial charge is 0.497 e. The number of ether oxygens (including phenoxy) is 1. The Bertz CT molecular complexity index is 1260. The highest BCUT2D eigenvalue weighted by molar-refractivity contribution is 7.99. The van der Waals surface area contributed by atoms with Crippen LogP contribution in [0.3, 0.4) is 0 Å². The maximum atomic E-state index is 12.4. The van der Waals surface area contributed by atoms with Crippen molar-refractivity contribution >= 4 is 28.7 Å². The van der Waals surface area contributed by atoms with E-state index in [0.717, 1.165) is 59.9 Å². The molecular formula is C23H24N6O3S. The highest BCUT2D eigenvalue weighted by Gasteiger charge is 2.20. The summed E-state index contributed by atoms with van der Waals surface area (Å²) in [5.74, 6) is 2.36. The van der Waals surface area contributed by atoms with Gasteiger partial charge in [-0.3, -0.25) is 4.79 Å². The number of benzene rings is 2. The van der Waals surface area contributed by atoms with Crippen LogP contribution in [0.25, 0.3) is 33.9 Å². The smallest absolute Gasteiger partial charge is 0.277 e. The minimum absolute atomic E-state index is 0.0952. The van der Waals surface area contributed by atoms with Crippen LogP contribution in [0.4, 0.5) is 0 Å². The predicted molar refractivity (Wildman–Crippen MR) is 126 cm³/mol. The second-order valence-electron chi connectivity index (χ2n) is 7.89. The summed E-state index contributed by atoms with van der Waals surface area (Å²) in [7, 11) is 3.71. The second kappa shape index (κ2) is 9.24. The van der Waals surface area contributed by atoms with E-state index >= 15 is 0 Å². The molecule has 2 aromatic heterocycles. The Labute approximate surface area is 195 Å². The van der Waals surface area contributed by atoms with Gasteiger partial charge in [0.05, 0.1) is 23.9 Å². The third-order valence-electron chi connectivity index (χ3n) is 5.67.